The molecule has 0 N–H and O–H groups in total. The van der Waals surface area contributed by atoms with Gasteiger partial charge in [-0.25, -0.2) is 0 Å². The molecule has 26 heavy (non-hydrogen) atoms. The summed E-state index contributed by atoms with van der Waals surface area (Å²) in [6.45, 7) is 0. The van der Waals surface area contributed by atoms with Crippen molar-refractivity contribution in [3.63, 3.8) is 0 Å². The highest BCUT2D eigenvalue weighted by atomic mass is 14.3. The molecular weight excluding hydrogens is 311 g/mol. The Kier molecular flexibility index (Phi) is 4.70. The second kappa shape index (κ2) is 7.45. The average molecular weight is 331 g/mol. The summed E-state index contributed by atoms with van der Waals surface area (Å²) in [7, 11) is 2.38. The van der Waals surface area contributed by atoms with Crippen LogP contribution in [0.4, 0.5) is 0 Å². The Balaban J connectivity index is 2.00. The molecule has 0 heterocycles. The molecule has 0 aliphatic heterocycles. The van der Waals surface area contributed by atoms with E-state index in [0.717, 1.165) is 0 Å². The lowest BCUT2D eigenvalue weighted by Crippen LogP contribution is -2.42. The fourth-order valence-corrected chi connectivity index (χ4v) is 3.65. The molecule has 0 saturated heterocycles. The summed E-state index contributed by atoms with van der Waals surface area (Å²) in [5, 5.41) is -0.342. The van der Waals surface area contributed by atoms with Crippen molar-refractivity contribution in [1.29, 1.82) is 0 Å². The quantitative estimate of drug-likeness (QED) is 0.356. The minimum atomic E-state index is -0.342. The van der Waals surface area contributed by atoms with E-state index in [1.165, 1.54) is 22.2 Å². The summed E-state index contributed by atoms with van der Waals surface area (Å²) in [5.41, 5.74) is 5.01. The molecule has 0 aliphatic carbocycles. The van der Waals surface area contributed by atoms with Gasteiger partial charge in [-0.3, -0.25) is 0 Å². The van der Waals surface area contributed by atoms with Gasteiger partial charge in [-0.1, -0.05) is 127 Å². The zero-order valence-corrected chi connectivity index (χ0v) is 14.6. The third-order valence-corrected chi connectivity index (χ3v) is 4.87. The average Bonchev–Trinajstić information content (AvgIpc) is 2.75. The third kappa shape index (κ3) is 3.09. The molecule has 0 aromatic heterocycles. The first-order chi connectivity index (χ1) is 12.9. The van der Waals surface area contributed by atoms with Crippen LogP contribution < -0.4 is 5.46 Å². The maximum Gasteiger partial charge on any atom is 0.176 e. The highest BCUT2D eigenvalue weighted by Crippen LogP contribution is 2.38. The van der Waals surface area contributed by atoms with E-state index in [0.29, 0.717) is 0 Å². The fourth-order valence-electron chi connectivity index (χ4n) is 3.65. The van der Waals surface area contributed by atoms with E-state index in [9.17, 15) is 0 Å². The van der Waals surface area contributed by atoms with Gasteiger partial charge in [0.05, 0.1) is 0 Å². The summed E-state index contributed by atoms with van der Waals surface area (Å²) in [6, 6.07) is 42.9. The van der Waals surface area contributed by atoms with Crippen LogP contribution in [0.3, 0.4) is 0 Å². The van der Waals surface area contributed by atoms with E-state index < -0.39 is 0 Å². The van der Waals surface area contributed by atoms with Gasteiger partial charge in [0.15, 0.2) is 7.28 Å². The van der Waals surface area contributed by atoms with Crippen molar-refractivity contribution in [1.82, 2.24) is 0 Å². The van der Waals surface area contributed by atoms with Gasteiger partial charge in [-0.05, 0) is 16.7 Å². The number of rotatable bonds is 5. The van der Waals surface area contributed by atoms with E-state index in [1.54, 1.807) is 0 Å². The van der Waals surface area contributed by atoms with E-state index in [-0.39, 0.29) is 5.31 Å². The molecule has 0 aliphatic rings. The van der Waals surface area contributed by atoms with Gasteiger partial charge < -0.3 is 0 Å². The molecule has 123 valence electrons. The van der Waals surface area contributed by atoms with Crippen LogP contribution in [-0.2, 0) is 5.31 Å². The highest BCUT2D eigenvalue weighted by Gasteiger charge is 2.36. The van der Waals surface area contributed by atoms with Crippen molar-refractivity contribution in [3.8, 4) is 0 Å². The van der Waals surface area contributed by atoms with Crippen molar-refractivity contribution < 1.29 is 0 Å². The van der Waals surface area contributed by atoms with E-state index in [4.69, 9.17) is 0 Å². The molecule has 0 saturated carbocycles. The topological polar surface area (TPSA) is 0 Å². The Hall–Kier alpha value is -3.06. The van der Waals surface area contributed by atoms with Crippen LogP contribution in [0.1, 0.15) is 16.7 Å². The monoisotopic (exact) mass is 331 g/mol. The molecule has 0 bridgehead atoms. The van der Waals surface area contributed by atoms with Gasteiger partial charge in [-0.15, -0.1) is 0 Å². The molecule has 4 aromatic carbocycles. The lowest BCUT2D eigenvalue weighted by Gasteiger charge is -2.36. The molecule has 1 heteroatoms. The van der Waals surface area contributed by atoms with Crippen molar-refractivity contribution in [3.05, 3.63) is 138 Å². The van der Waals surface area contributed by atoms with Gasteiger partial charge in [0.2, 0.25) is 0 Å². The van der Waals surface area contributed by atoms with Crippen molar-refractivity contribution >= 4 is 12.7 Å². The zero-order chi connectivity index (χ0) is 17.7. The normalized spacial score (nSPS) is 11.1. The fraction of sp³-hybridized carbons (Fsp3) is 0.0400. The molecular formula is C25H20B. The molecule has 0 amide bonds. The second-order valence-electron chi connectivity index (χ2n) is 6.46. The Bertz CT molecular complexity index is 836. The van der Waals surface area contributed by atoms with Crippen LogP contribution in [0.2, 0.25) is 0 Å². The van der Waals surface area contributed by atoms with Gasteiger partial charge in [-0.2, -0.15) is 0 Å². The summed E-state index contributed by atoms with van der Waals surface area (Å²) in [5.74, 6) is 0. The predicted octanol–water partition coefficient (Wildman–Crippen LogP) is 5.01. The number of hydrogen-bond donors (Lipinski definition) is 0. The minimum Gasteiger partial charge on any atom is -0.0857 e. The van der Waals surface area contributed by atoms with Crippen LogP contribution in [-0.4, -0.2) is 7.28 Å². The molecule has 0 atom stereocenters. The maximum absolute atomic E-state index is 2.38. The number of benzene rings is 4. The van der Waals surface area contributed by atoms with Gasteiger partial charge in [0.1, 0.15) is 0 Å². The second-order valence-corrected chi connectivity index (χ2v) is 6.46. The van der Waals surface area contributed by atoms with E-state index in [2.05, 4.69) is 129 Å². The molecule has 4 aromatic rings. The van der Waals surface area contributed by atoms with Gasteiger partial charge in [0.25, 0.3) is 0 Å². The Morgan fingerprint density at radius 1 is 0.385 bits per heavy atom. The number of hydrogen-bond acceptors (Lipinski definition) is 0. The van der Waals surface area contributed by atoms with Crippen molar-refractivity contribution in [2.75, 3.05) is 0 Å². The SMILES string of the molecule is [B](c1ccccc1)C(c1ccccc1)(c1ccccc1)c1ccccc1. The standard InChI is InChI=1S/C25H20B/c1-5-13-21(14-6-1)25(22-15-7-2-8-16-22,23-17-9-3-10-18-23)26-24-19-11-4-12-20-24/h1-20H. The van der Waals surface area contributed by atoms with Crippen molar-refractivity contribution in [2.24, 2.45) is 0 Å². The van der Waals surface area contributed by atoms with Crippen LogP contribution >= 0.6 is 0 Å². The lowest BCUT2D eigenvalue weighted by atomic mass is 9.41. The van der Waals surface area contributed by atoms with E-state index in [1.807, 2.05) is 0 Å². The predicted molar refractivity (Wildman–Crippen MR) is 111 cm³/mol. The maximum atomic E-state index is 2.38. The van der Waals surface area contributed by atoms with Crippen molar-refractivity contribution in [2.45, 2.75) is 5.31 Å². The first kappa shape index (κ1) is 16.4. The first-order valence-corrected chi connectivity index (χ1v) is 8.97. The lowest BCUT2D eigenvalue weighted by molar-refractivity contribution is 0.869. The molecule has 0 fully saturated rings. The Labute approximate surface area is 156 Å². The largest absolute Gasteiger partial charge is 0.176 e. The van der Waals surface area contributed by atoms with Crippen LogP contribution in [0.25, 0.3) is 0 Å². The highest BCUT2D eigenvalue weighted by molar-refractivity contribution is 6.58. The summed E-state index contributed by atoms with van der Waals surface area (Å²) in [6.07, 6.45) is 0. The third-order valence-electron chi connectivity index (χ3n) is 4.87. The van der Waals surface area contributed by atoms with Gasteiger partial charge in [0, 0.05) is 5.31 Å². The molecule has 1 radical (unpaired) electrons. The zero-order valence-electron chi connectivity index (χ0n) is 14.6. The van der Waals surface area contributed by atoms with E-state index >= 15 is 0 Å². The first-order valence-electron chi connectivity index (χ1n) is 8.97. The Morgan fingerprint density at radius 3 is 1.04 bits per heavy atom. The van der Waals surface area contributed by atoms with Crippen LogP contribution in [0, 0.1) is 0 Å². The molecule has 0 unspecified atom stereocenters. The molecule has 4 rings (SSSR count). The summed E-state index contributed by atoms with van der Waals surface area (Å²) >= 11 is 0. The minimum absolute atomic E-state index is 0.342. The van der Waals surface area contributed by atoms with Gasteiger partial charge >= 0.3 is 0 Å². The smallest absolute Gasteiger partial charge is 0.0857 e. The Morgan fingerprint density at radius 2 is 0.692 bits per heavy atom. The summed E-state index contributed by atoms with van der Waals surface area (Å²) < 4.78 is 0. The van der Waals surface area contributed by atoms with Crippen LogP contribution in [0.5, 0.6) is 0 Å². The van der Waals surface area contributed by atoms with Crippen LogP contribution in [0.15, 0.2) is 121 Å². The molecule has 0 nitrogen and oxygen atoms in total. The molecule has 0 spiro atoms. The summed E-state index contributed by atoms with van der Waals surface area (Å²) in [4.78, 5) is 0.